The number of rotatable bonds is 6. The molecule has 0 amide bonds. The maximum Gasteiger partial charge on any atom is 0.205 e. The van der Waals surface area contributed by atoms with Crippen LogP contribution in [0.4, 0.5) is 0 Å². The van der Waals surface area contributed by atoms with E-state index in [2.05, 4.69) is 0 Å². The molecule has 2 N–H and O–H groups in total. The summed E-state index contributed by atoms with van der Waals surface area (Å²) in [6.45, 7) is 7.17. The van der Waals surface area contributed by atoms with E-state index in [-0.39, 0.29) is 34.9 Å². The minimum absolute atomic E-state index is 0.0492. The predicted molar refractivity (Wildman–Crippen MR) is 94.9 cm³/mol. The number of ether oxygens (including phenoxy) is 2. The first-order valence-corrected chi connectivity index (χ1v) is 9.78. The third kappa shape index (κ3) is 4.89. The Kier molecular flexibility index (Phi) is 5.75. The Morgan fingerprint density at radius 1 is 0.880 bits per heavy atom. The lowest BCUT2D eigenvalue weighted by molar-refractivity contribution is -0.187. The van der Waals surface area contributed by atoms with Crippen molar-refractivity contribution in [3.63, 3.8) is 0 Å². The molecule has 140 valence electrons. The monoisotopic (exact) mass is 370 g/mol. The molecule has 0 aromatic carbocycles. The normalized spacial score (nSPS) is 29.9. The number of hydrogen-bond donors (Lipinski definition) is 2. The first-order valence-electron chi connectivity index (χ1n) is 8.30. The van der Waals surface area contributed by atoms with Gasteiger partial charge >= 0.3 is 0 Å². The predicted octanol–water partition coefficient (Wildman–Crippen LogP) is 2.32. The molecule has 2 rings (SSSR count). The maximum atomic E-state index is 12.7. The van der Waals surface area contributed by atoms with Crippen LogP contribution >= 0.6 is 0 Å². The number of sulfone groups is 1. The molecule has 0 saturated heterocycles. The van der Waals surface area contributed by atoms with E-state index in [1.54, 1.807) is 27.7 Å². The van der Waals surface area contributed by atoms with Gasteiger partial charge < -0.3 is 19.7 Å². The van der Waals surface area contributed by atoms with Gasteiger partial charge in [0.2, 0.25) is 9.84 Å². The van der Waals surface area contributed by atoms with E-state index in [4.69, 9.17) is 9.47 Å². The molecule has 0 aromatic heterocycles. The molecule has 2 unspecified atom stereocenters. The first kappa shape index (κ1) is 20.1. The summed E-state index contributed by atoms with van der Waals surface area (Å²) in [4.78, 5) is 0.186. The van der Waals surface area contributed by atoms with E-state index in [1.165, 1.54) is 36.5 Å². The maximum absolute atomic E-state index is 12.7. The Balaban J connectivity index is 2.14. The SMILES string of the molecule is CC(C)OC1(O)C=CC(S(=O)(=O)C2=CCC(O)(OC(C)C)C=C2)=CC1. The van der Waals surface area contributed by atoms with Crippen LogP contribution in [0.15, 0.2) is 46.3 Å². The zero-order valence-corrected chi connectivity index (χ0v) is 15.8. The van der Waals surface area contributed by atoms with Crippen molar-refractivity contribution in [2.45, 2.75) is 64.3 Å². The molecule has 0 aromatic rings. The average Bonchev–Trinajstić information content (AvgIpc) is 2.45. The lowest BCUT2D eigenvalue weighted by atomic mass is 10.1. The third-order valence-corrected chi connectivity index (χ3v) is 5.55. The molecule has 0 bridgehead atoms. The molecule has 0 spiro atoms. The first-order chi connectivity index (χ1) is 11.5. The van der Waals surface area contributed by atoms with Crippen LogP contribution in [0.5, 0.6) is 0 Å². The summed E-state index contributed by atoms with van der Waals surface area (Å²) in [6.07, 6.45) is 8.00. The molecular formula is C18H26O6S. The third-order valence-electron chi connectivity index (χ3n) is 3.71. The lowest BCUT2D eigenvalue weighted by Crippen LogP contribution is -2.34. The van der Waals surface area contributed by atoms with E-state index >= 15 is 0 Å². The standard InChI is InChI=1S/C18H26O6S/c1-13(2)23-17(19)9-5-15(6-10-17)25(21,22)16-7-11-18(20,12-8-16)24-14(3)4/h5-9,11,13-14,19-20H,10,12H2,1-4H3. The number of allylic oxidation sites excluding steroid dienone is 2. The van der Waals surface area contributed by atoms with Gasteiger partial charge in [-0.2, -0.15) is 0 Å². The molecule has 2 aliphatic carbocycles. The molecule has 25 heavy (non-hydrogen) atoms. The minimum Gasteiger partial charge on any atom is -0.362 e. The highest BCUT2D eigenvalue weighted by atomic mass is 32.2. The highest BCUT2D eigenvalue weighted by Gasteiger charge is 2.34. The zero-order chi connectivity index (χ0) is 18.9. The van der Waals surface area contributed by atoms with Gasteiger partial charge in [-0.3, -0.25) is 0 Å². The fourth-order valence-corrected chi connectivity index (χ4v) is 4.09. The van der Waals surface area contributed by atoms with Crippen molar-refractivity contribution in [2.24, 2.45) is 0 Å². The van der Waals surface area contributed by atoms with Crippen molar-refractivity contribution in [1.82, 2.24) is 0 Å². The fourth-order valence-electron chi connectivity index (χ4n) is 2.72. The summed E-state index contributed by atoms with van der Waals surface area (Å²) in [6, 6.07) is 0. The van der Waals surface area contributed by atoms with Crippen LogP contribution in [0.3, 0.4) is 0 Å². The van der Waals surface area contributed by atoms with Crippen LogP contribution in [-0.2, 0) is 19.3 Å². The summed E-state index contributed by atoms with van der Waals surface area (Å²) < 4.78 is 36.2. The van der Waals surface area contributed by atoms with E-state index < -0.39 is 21.4 Å². The van der Waals surface area contributed by atoms with E-state index in [0.29, 0.717) is 0 Å². The molecule has 7 heteroatoms. The zero-order valence-electron chi connectivity index (χ0n) is 15.0. The summed E-state index contributed by atoms with van der Waals surface area (Å²) in [5, 5.41) is 20.5. The van der Waals surface area contributed by atoms with Crippen LogP contribution in [0.25, 0.3) is 0 Å². The van der Waals surface area contributed by atoms with Crippen LogP contribution < -0.4 is 0 Å². The molecule has 0 aliphatic heterocycles. The summed E-state index contributed by atoms with van der Waals surface area (Å²) in [5.74, 6) is -2.98. The Morgan fingerprint density at radius 2 is 1.24 bits per heavy atom. The van der Waals surface area contributed by atoms with Crippen LogP contribution in [0, 0.1) is 0 Å². The van der Waals surface area contributed by atoms with Gasteiger partial charge in [0.15, 0.2) is 11.6 Å². The van der Waals surface area contributed by atoms with Crippen LogP contribution in [-0.4, -0.2) is 42.4 Å². The van der Waals surface area contributed by atoms with E-state index in [9.17, 15) is 18.6 Å². The molecule has 0 heterocycles. The number of hydrogen-bond acceptors (Lipinski definition) is 6. The van der Waals surface area contributed by atoms with E-state index in [1.807, 2.05) is 0 Å². The van der Waals surface area contributed by atoms with Gasteiger partial charge in [-0.05, 0) is 52.0 Å². The van der Waals surface area contributed by atoms with Gasteiger partial charge in [0.1, 0.15) is 0 Å². The van der Waals surface area contributed by atoms with Gasteiger partial charge in [-0.15, -0.1) is 0 Å². The second-order valence-corrected chi connectivity index (χ2v) is 8.76. The lowest BCUT2D eigenvalue weighted by Gasteiger charge is -2.30. The Labute approximate surface area is 149 Å². The highest BCUT2D eigenvalue weighted by molar-refractivity contribution is 7.99. The largest absolute Gasteiger partial charge is 0.362 e. The Morgan fingerprint density at radius 3 is 1.48 bits per heavy atom. The van der Waals surface area contributed by atoms with Crippen LogP contribution in [0.2, 0.25) is 0 Å². The van der Waals surface area contributed by atoms with Gasteiger partial charge in [0.25, 0.3) is 0 Å². The van der Waals surface area contributed by atoms with Gasteiger partial charge in [-0.25, -0.2) is 8.42 Å². The summed E-state index contributed by atoms with van der Waals surface area (Å²) in [5.41, 5.74) is 0. The van der Waals surface area contributed by atoms with E-state index in [0.717, 1.165) is 0 Å². The summed E-state index contributed by atoms with van der Waals surface area (Å²) >= 11 is 0. The van der Waals surface area contributed by atoms with Crippen molar-refractivity contribution < 1.29 is 28.1 Å². The molecule has 2 atom stereocenters. The van der Waals surface area contributed by atoms with Gasteiger partial charge in [0.05, 0.1) is 22.0 Å². The highest BCUT2D eigenvalue weighted by Crippen LogP contribution is 2.32. The average molecular weight is 370 g/mol. The van der Waals surface area contributed by atoms with Crippen LogP contribution in [0.1, 0.15) is 40.5 Å². The van der Waals surface area contributed by atoms with Crippen molar-refractivity contribution in [3.8, 4) is 0 Å². The molecule has 6 nitrogen and oxygen atoms in total. The molecular weight excluding hydrogens is 344 g/mol. The summed E-state index contributed by atoms with van der Waals surface area (Å²) in [7, 11) is -3.73. The second kappa shape index (κ2) is 7.17. The van der Waals surface area contributed by atoms with Gasteiger partial charge in [0, 0.05) is 12.8 Å². The molecule has 2 aliphatic rings. The van der Waals surface area contributed by atoms with Crippen molar-refractivity contribution in [2.75, 3.05) is 0 Å². The topological polar surface area (TPSA) is 93.1 Å². The Hall–Kier alpha value is -1.25. The van der Waals surface area contributed by atoms with Crippen molar-refractivity contribution >= 4 is 9.84 Å². The minimum atomic E-state index is -3.73. The van der Waals surface area contributed by atoms with Crippen molar-refractivity contribution in [3.05, 3.63) is 46.3 Å². The fraction of sp³-hybridized carbons (Fsp3) is 0.556. The molecule has 0 fully saturated rings. The van der Waals surface area contributed by atoms with Gasteiger partial charge in [-0.1, -0.05) is 12.2 Å². The number of aliphatic hydroxyl groups is 2. The smallest absolute Gasteiger partial charge is 0.205 e. The quantitative estimate of drug-likeness (QED) is 0.697. The second-order valence-electron chi connectivity index (χ2n) is 6.81. The molecule has 0 saturated carbocycles. The Bertz CT molecular complexity index is 673. The molecule has 0 radical (unpaired) electrons. The van der Waals surface area contributed by atoms with Crippen molar-refractivity contribution in [1.29, 1.82) is 0 Å².